The zero-order valence-corrected chi connectivity index (χ0v) is 19.9. The molecule has 0 radical (unpaired) electrons. The van der Waals surface area contributed by atoms with E-state index in [0.29, 0.717) is 24.4 Å². The summed E-state index contributed by atoms with van der Waals surface area (Å²) < 4.78 is 49.0. The van der Waals surface area contributed by atoms with Crippen molar-refractivity contribution in [1.82, 2.24) is 14.3 Å². The SMILES string of the molecule is CS(=O)(=O)CS(=O)(=O)N1CCc2c(ncnc2NC(=O)CC23CC4CC(CC(C4)C2)C3)C1. The first-order chi connectivity index (χ1) is 15.0. The lowest BCUT2D eigenvalue weighted by molar-refractivity contribution is -0.124. The van der Waals surface area contributed by atoms with Crippen LogP contribution >= 0.6 is 0 Å². The fourth-order valence-corrected chi connectivity index (χ4v) is 10.5. The van der Waals surface area contributed by atoms with Crippen LogP contribution in [0.1, 0.15) is 56.2 Å². The molecule has 4 aliphatic carbocycles. The second-order valence-electron chi connectivity index (χ2n) is 10.5. The minimum Gasteiger partial charge on any atom is -0.310 e. The van der Waals surface area contributed by atoms with E-state index in [9.17, 15) is 21.6 Å². The minimum absolute atomic E-state index is 0.0203. The first-order valence-electron chi connectivity index (χ1n) is 11.3. The summed E-state index contributed by atoms with van der Waals surface area (Å²) >= 11 is 0. The van der Waals surface area contributed by atoms with Gasteiger partial charge in [-0.05, 0) is 68.1 Å². The van der Waals surface area contributed by atoms with Crippen LogP contribution in [-0.2, 0) is 37.6 Å². The minimum atomic E-state index is -3.95. The molecule has 11 heteroatoms. The number of sulfone groups is 1. The van der Waals surface area contributed by atoms with E-state index in [1.54, 1.807) is 0 Å². The molecular formula is C21H30N4O5S2. The predicted octanol–water partition coefficient (Wildman–Crippen LogP) is 1.71. The molecule has 1 N–H and O–H groups in total. The first kappa shape index (κ1) is 22.2. The second-order valence-corrected chi connectivity index (χ2v) is 15.0. The zero-order valence-electron chi connectivity index (χ0n) is 18.3. The molecule has 176 valence electrons. The maximum Gasteiger partial charge on any atom is 0.228 e. The monoisotopic (exact) mass is 482 g/mol. The van der Waals surface area contributed by atoms with Crippen LogP contribution < -0.4 is 5.32 Å². The number of carbonyl (C=O) groups is 1. The van der Waals surface area contributed by atoms with Gasteiger partial charge in [-0.15, -0.1) is 0 Å². The number of carbonyl (C=O) groups excluding carboxylic acids is 1. The maximum absolute atomic E-state index is 13.0. The highest BCUT2D eigenvalue weighted by atomic mass is 32.3. The van der Waals surface area contributed by atoms with E-state index in [0.717, 1.165) is 53.1 Å². The molecule has 0 atom stereocenters. The average molecular weight is 483 g/mol. The Morgan fingerprint density at radius 3 is 2.31 bits per heavy atom. The Morgan fingerprint density at radius 1 is 1.09 bits per heavy atom. The van der Waals surface area contributed by atoms with Crippen molar-refractivity contribution in [1.29, 1.82) is 0 Å². The van der Waals surface area contributed by atoms with Crippen LogP contribution in [-0.4, -0.2) is 54.9 Å². The third-order valence-corrected chi connectivity index (χ3v) is 11.7. The molecule has 1 aliphatic heterocycles. The van der Waals surface area contributed by atoms with Gasteiger partial charge in [0.1, 0.15) is 12.1 Å². The third-order valence-electron chi connectivity index (χ3n) is 7.69. The highest BCUT2D eigenvalue weighted by Crippen LogP contribution is 2.61. The second kappa shape index (κ2) is 7.73. The number of nitrogens with one attached hydrogen (secondary N) is 1. The third kappa shape index (κ3) is 4.43. The van der Waals surface area contributed by atoms with Gasteiger partial charge in [0.15, 0.2) is 14.9 Å². The van der Waals surface area contributed by atoms with Gasteiger partial charge >= 0.3 is 0 Å². The van der Waals surface area contributed by atoms with Crippen molar-refractivity contribution >= 4 is 31.6 Å². The molecule has 0 unspecified atom stereocenters. The van der Waals surface area contributed by atoms with Crippen molar-refractivity contribution in [2.45, 2.75) is 57.9 Å². The molecule has 1 amide bonds. The summed E-state index contributed by atoms with van der Waals surface area (Å²) in [7, 11) is -7.63. The number of hydrogen-bond donors (Lipinski definition) is 1. The van der Waals surface area contributed by atoms with Crippen molar-refractivity contribution in [3.63, 3.8) is 0 Å². The van der Waals surface area contributed by atoms with Gasteiger partial charge in [0.2, 0.25) is 15.9 Å². The summed E-state index contributed by atoms with van der Waals surface area (Å²) in [6, 6.07) is 0. The fourth-order valence-electron chi connectivity index (χ4n) is 7.04. The van der Waals surface area contributed by atoms with Crippen LogP contribution in [0.25, 0.3) is 0 Å². The first-order valence-corrected chi connectivity index (χ1v) is 15.0. The summed E-state index contributed by atoms with van der Waals surface area (Å²) in [6.45, 7) is 0.115. The van der Waals surface area contributed by atoms with Crippen molar-refractivity contribution < 1.29 is 21.6 Å². The van der Waals surface area contributed by atoms with E-state index >= 15 is 0 Å². The molecule has 9 nitrogen and oxygen atoms in total. The molecule has 0 aromatic carbocycles. The zero-order chi connectivity index (χ0) is 22.7. The topological polar surface area (TPSA) is 126 Å². The van der Waals surface area contributed by atoms with Crippen LogP contribution in [0.2, 0.25) is 0 Å². The lowest BCUT2D eigenvalue weighted by Gasteiger charge is -2.56. The Balaban J connectivity index is 1.28. The standard InChI is InChI=1S/C21H30N4O5S2/c1-31(27,28)13-32(29,30)25-3-2-17-18(11-25)22-12-23-20(17)24-19(26)10-21-7-14-4-15(8-21)6-16(5-14)9-21/h12,14-16H,2-11,13H2,1H3,(H,22,23,24,26). The van der Waals surface area contributed by atoms with Gasteiger partial charge < -0.3 is 5.32 Å². The Labute approximate surface area is 189 Å². The van der Waals surface area contributed by atoms with Gasteiger partial charge in [0, 0.05) is 24.8 Å². The molecule has 5 aliphatic rings. The summed E-state index contributed by atoms with van der Waals surface area (Å²) in [4.78, 5) is 21.5. The number of rotatable bonds is 6. The number of anilines is 1. The largest absolute Gasteiger partial charge is 0.310 e. The lowest BCUT2D eigenvalue weighted by Crippen LogP contribution is -2.47. The van der Waals surface area contributed by atoms with Gasteiger partial charge in [0.25, 0.3) is 0 Å². The Bertz CT molecular complexity index is 1110. The summed E-state index contributed by atoms with van der Waals surface area (Å²) in [6.07, 6.45) is 10.5. The van der Waals surface area contributed by atoms with Crippen molar-refractivity contribution in [2.75, 3.05) is 23.2 Å². The smallest absolute Gasteiger partial charge is 0.228 e. The Kier molecular flexibility index (Phi) is 5.37. The molecule has 2 heterocycles. The predicted molar refractivity (Wildman–Crippen MR) is 119 cm³/mol. The van der Waals surface area contributed by atoms with Gasteiger partial charge in [-0.25, -0.2) is 26.8 Å². The van der Waals surface area contributed by atoms with Crippen LogP contribution in [0, 0.1) is 23.2 Å². The van der Waals surface area contributed by atoms with E-state index in [2.05, 4.69) is 15.3 Å². The Hall–Kier alpha value is -1.59. The molecule has 4 fully saturated rings. The average Bonchev–Trinajstić information content (AvgIpc) is 2.64. The van der Waals surface area contributed by atoms with Gasteiger partial charge in [-0.3, -0.25) is 4.79 Å². The van der Waals surface area contributed by atoms with Crippen LogP contribution in [0.15, 0.2) is 6.33 Å². The summed E-state index contributed by atoms with van der Waals surface area (Å²) in [5, 5.41) is 2.06. The van der Waals surface area contributed by atoms with Crippen molar-refractivity contribution in [3.05, 3.63) is 17.6 Å². The van der Waals surface area contributed by atoms with E-state index in [-0.39, 0.29) is 24.4 Å². The van der Waals surface area contributed by atoms with Gasteiger partial charge in [0.05, 0.1) is 12.2 Å². The van der Waals surface area contributed by atoms with Crippen LogP contribution in [0.3, 0.4) is 0 Å². The molecule has 0 spiro atoms. The van der Waals surface area contributed by atoms with E-state index < -0.39 is 24.9 Å². The molecule has 1 aromatic rings. The molecule has 32 heavy (non-hydrogen) atoms. The number of aromatic nitrogens is 2. The lowest BCUT2D eigenvalue weighted by atomic mass is 9.49. The van der Waals surface area contributed by atoms with E-state index in [1.165, 1.54) is 25.6 Å². The van der Waals surface area contributed by atoms with E-state index in [4.69, 9.17) is 0 Å². The molecule has 4 bridgehead atoms. The summed E-state index contributed by atoms with van der Waals surface area (Å²) in [5.41, 5.74) is 1.37. The van der Waals surface area contributed by atoms with Gasteiger partial charge in [-0.1, -0.05) is 0 Å². The van der Waals surface area contributed by atoms with E-state index in [1.807, 2.05) is 0 Å². The highest BCUT2D eigenvalue weighted by molar-refractivity contribution is 8.06. The molecule has 6 rings (SSSR count). The number of sulfonamides is 1. The molecular weight excluding hydrogens is 452 g/mol. The number of nitrogens with zero attached hydrogens (tertiary/aromatic N) is 3. The van der Waals surface area contributed by atoms with Crippen LogP contribution in [0.5, 0.6) is 0 Å². The molecule has 0 saturated heterocycles. The maximum atomic E-state index is 13.0. The highest BCUT2D eigenvalue weighted by Gasteiger charge is 2.51. The molecule has 4 saturated carbocycles. The summed E-state index contributed by atoms with van der Waals surface area (Å²) in [5.74, 6) is 2.76. The van der Waals surface area contributed by atoms with Crippen molar-refractivity contribution in [3.8, 4) is 0 Å². The number of fused-ring (bicyclic) bond motifs is 1. The Morgan fingerprint density at radius 2 is 1.72 bits per heavy atom. The number of amides is 1. The molecule has 1 aromatic heterocycles. The fraction of sp³-hybridized carbons (Fsp3) is 0.762. The number of hydrogen-bond acceptors (Lipinski definition) is 7. The van der Waals surface area contributed by atoms with Crippen LogP contribution in [0.4, 0.5) is 5.82 Å². The quantitative estimate of drug-likeness (QED) is 0.654. The normalized spacial score (nSPS) is 32.0. The van der Waals surface area contributed by atoms with Crippen molar-refractivity contribution in [2.24, 2.45) is 23.2 Å². The van der Waals surface area contributed by atoms with Gasteiger partial charge in [-0.2, -0.15) is 4.31 Å².